The fourth-order valence-corrected chi connectivity index (χ4v) is 8.45. The number of aliphatic hydroxyl groups is 1. The average Bonchev–Trinajstić information content (AvgIpc) is 3.71. The summed E-state index contributed by atoms with van der Waals surface area (Å²) >= 11 is 0. The van der Waals surface area contributed by atoms with Gasteiger partial charge in [0.15, 0.2) is 0 Å². The number of aliphatic hydroxyl groups excluding tert-OH is 1. The van der Waals surface area contributed by atoms with Gasteiger partial charge in [-0.1, -0.05) is 47.9 Å². The molecule has 17 nitrogen and oxygen atoms in total. The Bertz CT molecular complexity index is 1610. The third-order valence-corrected chi connectivity index (χ3v) is 11.9. The van der Waals surface area contributed by atoms with Crippen molar-refractivity contribution in [2.75, 3.05) is 38.3 Å². The lowest BCUT2D eigenvalue weighted by Gasteiger charge is -2.30. The van der Waals surface area contributed by atoms with Gasteiger partial charge in [0.2, 0.25) is 17.7 Å². The molecule has 3 aliphatic heterocycles. The van der Waals surface area contributed by atoms with Crippen molar-refractivity contribution in [1.82, 2.24) is 30.4 Å². The zero-order valence-corrected chi connectivity index (χ0v) is 33.6. The summed E-state index contributed by atoms with van der Waals surface area (Å²) in [4.78, 5) is 61.1. The predicted molar refractivity (Wildman–Crippen MR) is 213 cm³/mol. The number of amidine groups is 1. The molecule has 306 valence electrons. The molecule has 6 unspecified atom stereocenters. The second kappa shape index (κ2) is 21.6. The number of rotatable bonds is 22. The zero-order chi connectivity index (χ0) is 40.0. The van der Waals surface area contributed by atoms with Gasteiger partial charge in [-0.3, -0.25) is 19.0 Å². The first-order valence-electron chi connectivity index (χ1n) is 18.8. The van der Waals surface area contributed by atoms with E-state index in [1.807, 2.05) is 13.8 Å². The molecule has 0 spiro atoms. The van der Waals surface area contributed by atoms with Crippen molar-refractivity contribution in [3.63, 3.8) is 0 Å². The van der Waals surface area contributed by atoms with E-state index in [4.69, 9.17) is 25.7 Å². The van der Waals surface area contributed by atoms with Crippen LogP contribution in [0.1, 0.15) is 90.7 Å². The highest BCUT2D eigenvalue weighted by molar-refractivity contribution is 8.78. The molecule has 0 radical (unpaired) electrons. The molecule has 0 saturated carbocycles. The van der Waals surface area contributed by atoms with Gasteiger partial charge in [0.1, 0.15) is 42.1 Å². The number of ether oxygens (including phenoxy) is 3. The number of unbranched alkanes of at least 4 members (excludes halogenated alkanes) is 3. The molecule has 19 heteroatoms. The van der Waals surface area contributed by atoms with E-state index >= 15 is 0 Å². The first-order valence-corrected chi connectivity index (χ1v) is 21.2. The van der Waals surface area contributed by atoms with Crippen molar-refractivity contribution in [3.8, 4) is 0 Å². The smallest absolute Gasteiger partial charge is 0.351 e. The largest absolute Gasteiger partial charge is 0.390 e. The Kier molecular flexibility index (Phi) is 17.3. The van der Waals surface area contributed by atoms with Crippen LogP contribution in [0.3, 0.4) is 0 Å². The Labute approximate surface area is 330 Å². The van der Waals surface area contributed by atoms with Crippen molar-refractivity contribution >= 4 is 51.0 Å². The summed E-state index contributed by atoms with van der Waals surface area (Å²) in [5.41, 5.74) is 10.7. The summed E-state index contributed by atoms with van der Waals surface area (Å²) in [6.45, 7) is 8.90. The Morgan fingerprint density at radius 1 is 1.16 bits per heavy atom. The number of nitrogen functional groups attached to an aromatic ring is 1. The topological polar surface area (TPSA) is 238 Å². The number of carbonyl (C=O) groups excluding carboxylic acids is 3. The van der Waals surface area contributed by atoms with E-state index in [0.717, 1.165) is 19.3 Å². The second-order valence-electron chi connectivity index (χ2n) is 14.1. The third kappa shape index (κ3) is 13.5. The lowest BCUT2D eigenvalue weighted by Crippen LogP contribution is -2.47. The summed E-state index contributed by atoms with van der Waals surface area (Å²) in [6.07, 6.45) is 7.69. The molecule has 3 aliphatic rings. The van der Waals surface area contributed by atoms with Crippen molar-refractivity contribution in [2.24, 2.45) is 10.7 Å². The monoisotopic (exact) mass is 807 g/mol. The number of aromatic nitrogens is 2. The number of amides is 3. The number of anilines is 1. The number of nitrogens with two attached hydrogens (primary N) is 2. The highest BCUT2D eigenvalue weighted by Crippen LogP contribution is 2.37. The van der Waals surface area contributed by atoms with Gasteiger partial charge in [0, 0.05) is 57.6 Å². The van der Waals surface area contributed by atoms with Gasteiger partial charge >= 0.3 is 5.69 Å². The molecule has 6 atom stereocenters. The fourth-order valence-electron chi connectivity index (χ4n) is 6.32. The molecular formula is C36H57N9O8S2. The quantitative estimate of drug-likeness (QED) is 0.0729. The summed E-state index contributed by atoms with van der Waals surface area (Å²) in [5.74, 6) is 0.891. The third-order valence-electron chi connectivity index (χ3n) is 9.49. The van der Waals surface area contributed by atoms with Gasteiger partial charge in [-0.25, -0.2) is 9.79 Å². The number of hydrogen-bond donors (Lipinski definition) is 6. The molecule has 2 saturated heterocycles. The lowest BCUT2D eigenvalue weighted by molar-refractivity contribution is -0.129. The van der Waals surface area contributed by atoms with Crippen LogP contribution in [0.25, 0.3) is 0 Å². The van der Waals surface area contributed by atoms with Crippen molar-refractivity contribution in [3.05, 3.63) is 46.3 Å². The van der Waals surface area contributed by atoms with Gasteiger partial charge in [0.05, 0.1) is 23.2 Å². The number of nitrogens with zero attached hydrogens (tertiary/aromatic N) is 4. The Hall–Kier alpha value is -3.62. The summed E-state index contributed by atoms with van der Waals surface area (Å²) in [7, 11) is 4.44. The molecule has 0 aliphatic carbocycles. The van der Waals surface area contributed by atoms with Crippen LogP contribution in [-0.4, -0.2) is 106 Å². The molecule has 0 aromatic carbocycles. The van der Waals surface area contributed by atoms with E-state index in [9.17, 15) is 24.3 Å². The number of methoxy groups -OCH3 is 1. The second-order valence-corrected chi connectivity index (χ2v) is 16.6. The maximum Gasteiger partial charge on any atom is 0.351 e. The minimum absolute atomic E-state index is 0.0927. The Morgan fingerprint density at radius 3 is 2.69 bits per heavy atom. The minimum atomic E-state index is -0.703. The van der Waals surface area contributed by atoms with Crippen molar-refractivity contribution in [2.45, 2.75) is 121 Å². The van der Waals surface area contributed by atoms with Crippen LogP contribution >= 0.6 is 21.6 Å². The van der Waals surface area contributed by atoms with Gasteiger partial charge in [-0.2, -0.15) is 4.98 Å². The first kappa shape index (κ1) is 44.1. The Balaban J connectivity index is 1.16. The maximum absolute atomic E-state index is 13.2. The maximum atomic E-state index is 13.2. The minimum Gasteiger partial charge on any atom is -0.390 e. The zero-order valence-electron chi connectivity index (χ0n) is 32.0. The first-order chi connectivity index (χ1) is 26.3. The highest BCUT2D eigenvalue weighted by Gasteiger charge is 2.39. The molecule has 3 amide bonds. The van der Waals surface area contributed by atoms with E-state index in [1.165, 1.54) is 26.2 Å². The van der Waals surface area contributed by atoms with Crippen molar-refractivity contribution < 1.29 is 33.7 Å². The van der Waals surface area contributed by atoms with Crippen LogP contribution in [0.4, 0.5) is 5.82 Å². The van der Waals surface area contributed by atoms with Gasteiger partial charge in [-0.05, 0) is 51.5 Å². The van der Waals surface area contributed by atoms with Gasteiger partial charge < -0.3 is 51.6 Å². The SMILES string of the molecule is C=C1N=C(N)C(SSCCC(NC(=O)CCCC)C(=O)NCCCCCC(=O)NCC2(C)CCC(n3ccc(N)nc3=O)O2)=CN1C1CC(O)C(COC)O1. The summed E-state index contributed by atoms with van der Waals surface area (Å²) in [5, 5.41) is 19.2. The van der Waals surface area contributed by atoms with Crippen LogP contribution in [-0.2, 0) is 28.6 Å². The number of aliphatic imine (C=N–C) groups is 1. The molecule has 0 bridgehead atoms. The molecule has 2 fully saturated rings. The number of carbonyl (C=O) groups is 3. The van der Waals surface area contributed by atoms with Crippen LogP contribution in [0, 0.1) is 0 Å². The number of hydrogen-bond acceptors (Lipinski definition) is 15. The average molecular weight is 808 g/mol. The molecule has 55 heavy (non-hydrogen) atoms. The number of nitrogens with one attached hydrogen (secondary N) is 3. The summed E-state index contributed by atoms with van der Waals surface area (Å²) in [6, 6.07) is 0.847. The van der Waals surface area contributed by atoms with Crippen LogP contribution < -0.4 is 33.1 Å². The van der Waals surface area contributed by atoms with E-state index in [-0.39, 0.29) is 30.1 Å². The standard InChI is InChI=1S/C36H57N9O8S2/c1-5-6-10-30(48)42-24(14-18-54-55-27-20-45(23(2)41-33(27)38)32-19-25(46)26(52-32)21-51-4)34(49)39-16-9-7-8-11-29(47)40-22-36(3)15-12-31(53-36)44-17-13-28(37)43-35(44)50/h13,17,20,24-26,31-32,46H,2,5-12,14-16,18-19,21-22H2,1,3-4H3,(H2,38,41)(H,39,49)(H,40,47)(H,42,48)(H2,37,43,50). The molecule has 4 heterocycles. The Morgan fingerprint density at radius 2 is 1.95 bits per heavy atom. The van der Waals surface area contributed by atoms with Crippen LogP contribution in [0.2, 0.25) is 0 Å². The molecule has 8 N–H and O–H groups in total. The van der Waals surface area contributed by atoms with Crippen LogP contribution in [0.5, 0.6) is 0 Å². The van der Waals surface area contributed by atoms with E-state index < -0.39 is 42.0 Å². The molecule has 1 aromatic heterocycles. The van der Waals surface area contributed by atoms with Crippen LogP contribution in [0.15, 0.2) is 45.6 Å². The van der Waals surface area contributed by atoms with Gasteiger partial charge in [0.25, 0.3) is 0 Å². The van der Waals surface area contributed by atoms with Gasteiger partial charge in [-0.15, -0.1) is 0 Å². The van der Waals surface area contributed by atoms with Crippen molar-refractivity contribution in [1.29, 1.82) is 0 Å². The van der Waals surface area contributed by atoms with E-state index in [2.05, 4.69) is 32.5 Å². The predicted octanol–water partition coefficient (Wildman–Crippen LogP) is 2.24. The van der Waals surface area contributed by atoms with E-state index in [0.29, 0.717) is 86.8 Å². The molecule has 4 rings (SSSR count). The fraction of sp³-hybridized carbons (Fsp3) is 0.667. The lowest BCUT2D eigenvalue weighted by atomic mass is 10.0. The molecule has 1 aromatic rings. The normalized spacial score (nSPS) is 24.3. The highest BCUT2D eigenvalue weighted by atomic mass is 33.1. The van der Waals surface area contributed by atoms with E-state index in [1.54, 1.807) is 30.5 Å². The summed E-state index contributed by atoms with van der Waals surface area (Å²) < 4.78 is 18.6. The molecular weight excluding hydrogens is 751 g/mol.